The highest BCUT2D eigenvalue weighted by atomic mass is 35.5. The predicted octanol–water partition coefficient (Wildman–Crippen LogP) is 3.20. The van der Waals surface area contributed by atoms with Crippen molar-refractivity contribution in [2.24, 2.45) is 0 Å². The van der Waals surface area contributed by atoms with Crippen LogP contribution in [-0.2, 0) is 0 Å². The summed E-state index contributed by atoms with van der Waals surface area (Å²) in [5.41, 5.74) is 0.383. The smallest absolute Gasteiger partial charge is 0.260 e. The zero-order chi connectivity index (χ0) is 13.1. The number of halogens is 2. The Bertz CT molecular complexity index is 646. The molecule has 0 aliphatic carbocycles. The van der Waals surface area contributed by atoms with Crippen molar-refractivity contribution < 1.29 is 13.6 Å². The van der Waals surface area contributed by atoms with Gasteiger partial charge in [0.15, 0.2) is 0 Å². The number of amides is 1. The molecule has 1 aromatic heterocycles. The quantitative estimate of drug-likeness (QED) is 0.906. The van der Waals surface area contributed by atoms with E-state index in [9.17, 15) is 9.18 Å². The van der Waals surface area contributed by atoms with E-state index >= 15 is 0 Å². The van der Waals surface area contributed by atoms with Crippen LogP contribution < -0.4 is 5.32 Å². The van der Waals surface area contributed by atoms with Gasteiger partial charge in [-0.05, 0) is 35.9 Å². The van der Waals surface area contributed by atoms with Gasteiger partial charge in [0.05, 0.1) is 23.1 Å². The van der Waals surface area contributed by atoms with Gasteiger partial charge in [0, 0.05) is 0 Å². The Morgan fingerprint density at radius 1 is 1.44 bits per heavy atom. The van der Waals surface area contributed by atoms with Crippen LogP contribution in [0.3, 0.4) is 0 Å². The summed E-state index contributed by atoms with van der Waals surface area (Å²) in [4.78, 5) is 11.8. The van der Waals surface area contributed by atoms with Crippen LogP contribution in [-0.4, -0.2) is 5.91 Å². The normalized spacial score (nSPS) is 9.83. The average Bonchev–Trinajstić information content (AvgIpc) is 2.77. The summed E-state index contributed by atoms with van der Waals surface area (Å²) < 4.78 is 17.7. The Labute approximate surface area is 107 Å². The molecule has 0 saturated carbocycles. The number of carbonyl (C=O) groups is 1. The second-order valence-corrected chi connectivity index (χ2v) is 3.71. The van der Waals surface area contributed by atoms with Crippen molar-refractivity contribution in [2.75, 3.05) is 5.32 Å². The van der Waals surface area contributed by atoms with Gasteiger partial charge in [-0.15, -0.1) is 0 Å². The Hall–Kier alpha value is -2.32. The van der Waals surface area contributed by atoms with Crippen LogP contribution in [0.15, 0.2) is 34.9 Å². The minimum atomic E-state index is -0.550. The number of hydrogen-bond acceptors (Lipinski definition) is 3. The van der Waals surface area contributed by atoms with E-state index in [4.69, 9.17) is 21.3 Å². The van der Waals surface area contributed by atoms with Gasteiger partial charge in [0.1, 0.15) is 11.9 Å². The molecule has 0 fully saturated rings. The lowest BCUT2D eigenvalue weighted by Gasteiger charge is -2.05. The topological polar surface area (TPSA) is 66.0 Å². The third-order valence-electron chi connectivity index (χ3n) is 2.21. The molecule has 0 spiro atoms. The minimum Gasteiger partial charge on any atom is -0.452 e. The average molecular weight is 265 g/mol. The molecule has 4 nitrogen and oxygen atoms in total. The number of carbonyl (C=O) groups excluding carboxylic acids is 1. The molecule has 2 rings (SSSR count). The van der Waals surface area contributed by atoms with Gasteiger partial charge < -0.3 is 9.73 Å². The molecule has 0 aliphatic rings. The molecule has 0 aliphatic heterocycles. The number of nitrogens with one attached hydrogen (secondary N) is 1. The summed E-state index contributed by atoms with van der Waals surface area (Å²) in [6, 6.07) is 6.67. The maximum Gasteiger partial charge on any atom is 0.260 e. The molecule has 1 aromatic carbocycles. The van der Waals surface area contributed by atoms with Gasteiger partial charge in [-0.25, -0.2) is 4.39 Å². The zero-order valence-corrected chi connectivity index (χ0v) is 9.66. The van der Waals surface area contributed by atoms with Crippen LogP contribution in [0.4, 0.5) is 10.1 Å². The van der Waals surface area contributed by atoms with E-state index in [-0.39, 0.29) is 22.0 Å². The highest BCUT2D eigenvalue weighted by Crippen LogP contribution is 2.20. The van der Waals surface area contributed by atoms with Gasteiger partial charge in [-0.3, -0.25) is 4.79 Å². The number of hydrogen-bond donors (Lipinski definition) is 1. The number of nitriles is 1. The summed E-state index contributed by atoms with van der Waals surface area (Å²) in [7, 11) is 0. The fourth-order valence-electron chi connectivity index (χ4n) is 1.36. The summed E-state index contributed by atoms with van der Waals surface area (Å²) in [5, 5.41) is 11.2. The lowest BCUT2D eigenvalue weighted by Crippen LogP contribution is -2.12. The van der Waals surface area contributed by atoms with Crippen LogP contribution >= 0.6 is 11.6 Å². The third kappa shape index (κ3) is 2.34. The Balaban J connectivity index is 2.28. The molecule has 18 heavy (non-hydrogen) atoms. The van der Waals surface area contributed by atoms with Gasteiger partial charge in [0.2, 0.25) is 5.22 Å². The summed E-state index contributed by atoms with van der Waals surface area (Å²) in [6.45, 7) is 0. The molecule has 0 bridgehead atoms. The Morgan fingerprint density at radius 3 is 2.83 bits per heavy atom. The summed E-state index contributed by atoms with van der Waals surface area (Å²) >= 11 is 5.65. The van der Waals surface area contributed by atoms with Crippen LogP contribution in [0.5, 0.6) is 0 Å². The molecule has 0 unspecified atom stereocenters. The summed E-state index contributed by atoms with van der Waals surface area (Å²) in [6.07, 6.45) is 1.27. The number of furan rings is 1. The molecule has 0 atom stereocenters. The first kappa shape index (κ1) is 12.1. The van der Waals surface area contributed by atoms with E-state index in [0.717, 1.165) is 12.1 Å². The fraction of sp³-hybridized carbons (Fsp3) is 0. The monoisotopic (exact) mass is 264 g/mol. The first-order valence-corrected chi connectivity index (χ1v) is 5.23. The molecule has 1 N–H and O–H groups in total. The molecular weight excluding hydrogens is 259 g/mol. The van der Waals surface area contributed by atoms with Crippen LogP contribution in [0.25, 0.3) is 0 Å². The van der Waals surface area contributed by atoms with E-state index in [2.05, 4.69) is 5.32 Å². The Kier molecular flexibility index (Phi) is 3.31. The van der Waals surface area contributed by atoms with Gasteiger partial charge in [0.25, 0.3) is 5.91 Å². The molecular formula is C12H6ClFN2O2. The van der Waals surface area contributed by atoms with Crippen molar-refractivity contribution in [3.63, 3.8) is 0 Å². The summed E-state index contributed by atoms with van der Waals surface area (Å²) in [5.74, 6) is -1.08. The highest BCUT2D eigenvalue weighted by Gasteiger charge is 2.14. The van der Waals surface area contributed by atoms with E-state index in [1.54, 1.807) is 6.07 Å². The van der Waals surface area contributed by atoms with Crippen LogP contribution in [0.2, 0.25) is 5.22 Å². The van der Waals surface area contributed by atoms with E-state index in [1.165, 1.54) is 18.4 Å². The lowest BCUT2D eigenvalue weighted by molar-refractivity contribution is 0.102. The number of rotatable bonds is 2. The van der Waals surface area contributed by atoms with Gasteiger partial charge in [-0.1, -0.05) is 0 Å². The standard InChI is InChI=1S/C12H6ClFN2O2/c13-11-9(3-4-18-11)12(17)16-10-2-1-8(14)5-7(10)6-15/h1-5H,(H,16,17). The van der Waals surface area contributed by atoms with Crippen molar-refractivity contribution in [3.8, 4) is 6.07 Å². The lowest BCUT2D eigenvalue weighted by atomic mass is 10.2. The SMILES string of the molecule is N#Cc1cc(F)ccc1NC(=O)c1ccoc1Cl. The van der Waals surface area contributed by atoms with Crippen molar-refractivity contribution in [2.45, 2.75) is 0 Å². The third-order valence-corrected chi connectivity index (χ3v) is 2.51. The minimum absolute atomic E-state index is 0.0305. The molecule has 1 amide bonds. The zero-order valence-electron chi connectivity index (χ0n) is 8.91. The van der Waals surface area contributed by atoms with E-state index < -0.39 is 11.7 Å². The van der Waals surface area contributed by atoms with Gasteiger partial charge >= 0.3 is 0 Å². The largest absolute Gasteiger partial charge is 0.452 e. The molecule has 6 heteroatoms. The molecule has 0 saturated heterocycles. The Morgan fingerprint density at radius 2 is 2.22 bits per heavy atom. The van der Waals surface area contributed by atoms with Crippen LogP contribution in [0, 0.1) is 17.1 Å². The van der Waals surface area contributed by atoms with Crippen LogP contribution in [0.1, 0.15) is 15.9 Å². The second-order valence-electron chi connectivity index (χ2n) is 3.36. The molecule has 1 heterocycles. The maximum absolute atomic E-state index is 12.9. The van der Waals surface area contributed by atoms with Gasteiger partial charge in [-0.2, -0.15) is 5.26 Å². The highest BCUT2D eigenvalue weighted by molar-refractivity contribution is 6.32. The predicted molar refractivity (Wildman–Crippen MR) is 62.8 cm³/mol. The maximum atomic E-state index is 12.9. The number of nitrogens with zero attached hydrogens (tertiary/aromatic N) is 1. The van der Waals surface area contributed by atoms with Crippen molar-refractivity contribution in [3.05, 3.63) is 52.7 Å². The first-order chi connectivity index (χ1) is 8.61. The van der Waals surface area contributed by atoms with E-state index in [0.29, 0.717) is 0 Å². The molecule has 2 aromatic rings. The van der Waals surface area contributed by atoms with Crippen molar-refractivity contribution in [1.82, 2.24) is 0 Å². The number of benzene rings is 1. The number of anilines is 1. The molecule has 90 valence electrons. The fourth-order valence-corrected chi connectivity index (χ4v) is 1.56. The first-order valence-electron chi connectivity index (χ1n) is 4.86. The van der Waals surface area contributed by atoms with Crippen molar-refractivity contribution >= 4 is 23.2 Å². The second kappa shape index (κ2) is 4.90. The molecule has 0 radical (unpaired) electrons. The van der Waals surface area contributed by atoms with E-state index in [1.807, 2.05) is 0 Å². The van der Waals surface area contributed by atoms with Crippen molar-refractivity contribution in [1.29, 1.82) is 5.26 Å².